The third kappa shape index (κ3) is 3.81. The standard InChI is InChI=1S/C18H26N2O3S/c1-19(11-17(21)22)13-5-4-9-20(10-8-13)18(23)15-12-24-16-7-3-2-6-14(15)16/h12-13H,2-11H2,1H3,(H,21,22). The number of carboxylic acid groups (broad SMARTS) is 1. The van der Waals surface area contributed by atoms with Gasteiger partial charge >= 0.3 is 5.97 Å². The number of carbonyl (C=O) groups is 2. The summed E-state index contributed by atoms with van der Waals surface area (Å²) in [5.41, 5.74) is 2.21. The van der Waals surface area contributed by atoms with Crippen molar-refractivity contribution in [1.82, 2.24) is 9.80 Å². The third-order valence-electron chi connectivity index (χ3n) is 5.28. The van der Waals surface area contributed by atoms with Crippen molar-refractivity contribution in [2.45, 2.75) is 51.0 Å². The van der Waals surface area contributed by atoms with Gasteiger partial charge in [-0.15, -0.1) is 11.3 Å². The lowest BCUT2D eigenvalue weighted by Crippen LogP contribution is -2.37. The Morgan fingerprint density at radius 3 is 2.83 bits per heavy atom. The largest absolute Gasteiger partial charge is 0.480 e. The van der Waals surface area contributed by atoms with Crippen LogP contribution in [0.2, 0.25) is 0 Å². The van der Waals surface area contributed by atoms with E-state index in [1.54, 1.807) is 11.3 Å². The van der Waals surface area contributed by atoms with E-state index in [1.807, 2.05) is 16.8 Å². The van der Waals surface area contributed by atoms with Crippen molar-refractivity contribution in [2.75, 3.05) is 26.7 Å². The first-order valence-electron chi connectivity index (χ1n) is 8.87. The quantitative estimate of drug-likeness (QED) is 0.907. The Morgan fingerprint density at radius 2 is 2.04 bits per heavy atom. The zero-order chi connectivity index (χ0) is 17.1. The lowest BCUT2D eigenvalue weighted by atomic mass is 9.95. The second-order valence-corrected chi connectivity index (χ2v) is 7.91. The molecule has 3 rings (SSSR count). The lowest BCUT2D eigenvalue weighted by molar-refractivity contribution is -0.138. The molecule has 1 fully saturated rings. The third-order valence-corrected chi connectivity index (χ3v) is 6.37. The molecule has 6 heteroatoms. The summed E-state index contributed by atoms with van der Waals surface area (Å²) in [6.45, 7) is 1.57. The average molecular weight is 350 g/mol. The molecule has 0 spiro atoms. The minimum Gasteiger partial charge on any atom is -0.480 e. The normalized spacial score (nSPS) is 21.4. The molecule has 1 atom stereocenters. The Balaban J connectivity index is 1.64. The molecule has 0 radical (unpaired) electrons. The fourth-order valence-corrected chi connectivity index (χ4v) is 5.03. The highest BCUT2D eigenvalue weighted by Crippen LogP contribution is 2.31. The molecular weight excluding hydrogens is 324 g/mol. The van der Waals surface area contributed by atoms with Gasteiger partial charge in [0.15, 0.2) is 0 Å². The van der Waals surface area contributed by atoms with Crippen LogP contribution in [0.25, 0.3) is 0 Å². The lowest BCUT2D eigenvalue weighted by Gasteiger charge is -2.25. The second-order valence-electron chi connectivity index (χ2n) is 6.94. The number of rotatable bonds is 4. The van der Waals surface area contributed by atoms with Crippen LogP contribution in [0.1, 0.15) is 52.9 Å². The Morgan fingerprint density at radius 1 is 1.25 bits per heavy atom. The summed E-state index contributed by atoms with van der Waals surface area (Å²) in [7, 11) is 1.87. The molecule has 1 amide bonds. The van der Waals surface area contributed by atoms with Crippen molar-refractivity contribution in [3.05, 3.63) is 21.4 Å². The van der Waals surface area contributed by atoms with Crippen LogP contribution in [-0.4, -0.2) is 59.5 Å². The van der Waals surface area contributed by atoms with E-state index in [-0.39, 0.29) is 18.5 Å². The molecule has 1 saturated heterocycles. The predicted octanol–water partition coefficient (Wildman–Crippen LogP) is 2.64. The van der Waals surface area contributed by atoms with Gasteiger partial charge in [-0.25, -0.2) is 0 Å². The van der Waals surface area contributed by atoms with Gasteiger partial charge in [-0.05, 0) is 57.6 Å². The minimum absolute atomic E-state index is 0.0661. The van der Waals surface area contributed by atoms with Crippen LogP contribution < -0.4 is 0 Å². The summed E-state index contributed by atoms with van der Waals surface area (Å²) >= 11 is 1.74. The van der Waals surface area contributed by atoms with Crippen molar-refractivity contribution < 1.29 is 14.7 Å². The van der Waals surface area contributed by atoms with E-state index >= 15 is 0 Å². The zero-order valence-corrected chi connectivity index (χ0v) is 15.1. The van der Waals surface area contributed by atoms with Crippen LogP contribution in [-0.2, 0) is 17.6 Å². The van der Waals surface area contributed by atoms with Crippen molar-refractivity contribution in [1.29, 1.82) is 0 Å². The Labute approximate surface area is 147 Å². The van der Waals surface area contributed by atoms with Gasteiger partial charge in [-0.2, -0.15) is 0 Å². The summed E-state index contributed by atoms with van der Waals surface area (Å²) in [5, 5.41) is 11.0. The van der Waals surface area contributed by atoms with E-state index < -0.39 is 5.97 Å². The fraction of sp³-hybridized carbons (Fsp3) is 0.667. The van der Waals surface area contributed by atoms with Crippen LogP contribution in [0.4, 0.5) is 0 Å². The first-order chi connectivity index (χ1) is 11.6. The van der Waals surface area contributed by atoms with Crippen LogP contribution in [0.15, 0.2) is 5.38 Å². The van der Waals surface area contributed by atoms with Crippen molar-refractivity contribution in [3.8, 4) is 0 Å². The Hall–Kier alpha value is -1.40. The maximum Gasteiger partial charge on any atom is 0.317 e. The van der Waals surface area contributed by atoms with Gasteiger partial charge in [0.2, 0.25) is 0 Å². The number of carbonyl (C=O) groups excluding carboxylic acids is 1. The van der Waals surface area contributed by atoms with E-state index in [1.165, 1.54) is 23.3 Å². The molecule has 0 bridgehead atoms. The molecule has 1 aliphatic heterocycles. The Kier molecular flexibility index (Phi) is 5.56. The van der Waals surface area contributed by atoms with Crippen LogP contribution >= 0.6 is 11.3 Å². The van der Waals surface area contributed by atoms with Gasteiger partial charge < -0.3 is 10.0 Å². The molecule has 2 heterocycles. The molecule has 132 valence electrons. The van der Waals surface area contributed by atoms with E-state index in [4.69, 9.17) is 5.11 Å². The number of fused-ring (bicyclic) bond motifs is 1. The number of nitrogens with zero attached hydrogens (tertiary/aromatic N) is 2. The SMILES string of the molecule is CN(CC(=O)O)C1CCCN(C(=O)c2csc3c2CCCC3)CC1. The molecule has 1 unspecified atom stereocenters. The molecule has 5 nitrogen and oxygen atoms in total. The van der Waals surface area contributed by atoms with Crippen LogP contribution in [0, 0.1) is 0 Å². The van der Waals surface area contributed by atoms with Crippen molar-refractivity contribution >= 4 is 23.2 Å². The monoisotopic (exact) mass is 350 g/mol. The van der Waals surface area contributed by atoms with Gasteiger partial charge in [0.05, 0.1) is 12.1 Å². The highest BCUT2D eigenvalue weighted by Gasteiger charge is 2.27. The van der Waals surface area contributed by atoms with Gasteiger partial charge in [-0.3, -0.25) is 14.5 Å². The molecule has 1 N–H and O–H groups in total. The number of hydrogen-bond donors (Lipinski definition) is 1. The number of thiophene rings is 1. The van der Waals surface area contributed by atoms with E-state index in [0.717, 1.165) is 50.8 Å². The fourth-order valence-electron chi connectivity index (χ4n) is 3.91. The van der Waals surface area contributed by atoms with E-state index in [2.05, 4.69) is 5.38 Å². The molecule has 2 aliphatic rings. The van der Waals surface area contributed by atoms with Gasteiger partial charge in [-0.1, -0.05) is 0 Å². The Bertz CT molecular complexity index is 613. The second kappa shape index (κ2) is 7.66. The summed E-state index contributed by atoms with van der Waals surface area (Å²) < 4.78 is 0. The average Bonchev–Trinajstić information content (AvgIpc) is 2.82. The van der Waals surface area contributed by atoms with Gasteiger partial charge in [0, 0.05) is 29.4 Å². The summed E-state index contributed by atoms with van der Waals surface area (Å²) in [5.74, 6) is -0.615. The van der Waals surface area contributed by atoms with Crippen molar-refractivity contribution in [3.63, 3.8) is 0 Å². The molecule has 1 aromatic heterocycles. The molecule has 1 aromatic rings. The van der Waals surface area contributed by atoms with Gasteiger partial charge in [0.1, 0.15) is 0 Å². The molecule has 0 aromatic carbocycles. The molecule has 24 heavy (non-hydrogen) atoms. The van der Waals surface area contributed by atoms with Gasteiger partial charge in [0.25, 0.3) is 5.91 Å². The summed E-state index contributed by atoms with van der Waals surface area (Å²) in [4.78, 5) is 29.1. The smallest absolute Gasteiger partial charge is 0.317 e. The van der Waals surface area contributed by atoms with Crippen molar-refractivity contribution in [2.24, 2.45) is 0 Å². The van der Waals surface area contributed by atoms with E-state index in [9.17, 15) is 9.59 Å². The number of amides is 1. The summed E-state index contributed by atoms with van der Waals surface area (Å²) in [6.07, 6.45) is 7.32. The number of aliphatic carboxylic acids is 1. The number of carboxylic acids is 1. The number of hydrogen-bond acceptors (Lipinski definition) is 4. The molecule has 0 saturated carbocycles. The first kappa shape index (κ1) is 17.4. The predicted molar refractivity (Wildman–Crippen MR) is 94.8 cm³/mol. The topological polar surface area (TPSA) is 60.9 Å². The molecule has 1 aliphatic carbocycles. The molecular formula is C18H26N2O3S. The summed E-state index contributed by atoms with van der Waals surface area (Å²) in [6, 6.07) is 0.246. The van der Waals surface area contributed by atoms with Crippen LogP contribution in [0.3, 0.4) is 0 Å². The highest BCUT2D eigenvalue weighted by atomic mass is 32.1. The number of likely N-dealkylation sites (tertiary alicyclic amines) is 1. The zero-order valence-electron chi connectivity index (χ0n) is 14.3. The first-order valence-corrected chi connectivity index (χ1v) is 9.74. The maximum atomic E-state index is 13.0. The maximum absolute atomic E-state index is 13.0. The minimum atomic E-state index is -0.792. The number of likely N-dealkylation sites (N-methyl/N-ethyl adjacent to an activating group) is 1. The van der Waals surface area contributed by atoms with E-state index in [0.29, 0.717) is 0 Å². The number of aryl methyl sites for hydroxylation is 1. The van der Waals surface area contributed by atoms with Crippen LogP contribution in [0.5, 0.6) is 0 Å². The highest BCUT2D eigenvalue weighted by molar-refractivity contribution is 7.10.